The molecule has 20 heavy (non-hydrogen) atoms. The van der Waals surface area contributed by atoms with E-state index in [1.165, 1.54) is 6.07 Å². The number of aliphatic hydroxyl groups excluding tert-OH is 1. The van der Waals surface area contributed by atoms with Gasteiger partial charge in [0.2, 0.25) is 10.0 Å². The van der Waals surface area contributed by atoms with Gasteiger partial charge in [-0.2, -0.15) is 0 Å². The molecule has 7 heteroatoms. The predicted octanol–water partition coefficient (Wildman–Crippen LogP) is 1.56. The Morgan fingerprint density at radius 1 is 1.40 bits per heavy atom. The third-order valence-electron chi connectivity index (χ3n) is 2.68. The van der Waals surface area contributed by atoms with E-state index in [9.17, 15) is 8.42 Å². The van der Waals surface area contributed by atoms with Gasteiger partial charge in [0, 0.05) is 19.2 Å². The van der Waals surface area contributed by atoms with Crippen LogP contribution in [0.4, 0.5) is 0 Å². The summed E-state index contributed by atoms with van der Waals surface area (Å²) >= 11 is 0. The van der Waals surface area contributed by atoms with Gasteiger partial charge in [0.25, 0.3) is 0 Å². The summed E-state index contributed by atoms with van der Waals surface area (Å²) in [5.41, 5.74) is 0. The van der Waals surface area contributed by atoms with Crippen molar-refractivity contribution in [2.45, 2.75) is 51.2 Å². The van der Waals surface area contributed by atoms with Crippen LogP contribution in [-0.4, -0.2) is 32.8 Å². The fourth-order valence-corrected chi connectivity index (χ4v) is 2.97. The molecular weight excluding hydrogens is 282 g/mol. The largest absolute Gasteiger partial charge is 0.462 e. The molecule has 116 valence electrons. The zero-order chi connectivity index (χ0) is 15.2. The minimum absolute atomic E-state index is 0.0833. The second-order valence-corrected chi connectivity index (χ2v) is 6.55. The first kappa shape index (κ1) is 17.2. The van der Waals surface area contributed by atoms with Gasteiger partial charge in [0.05, 0.1) is 6.10 Å². The fourth-order valence-electron chi connectivity index (χ4n) is 1.70. The van der Waals surface area contributed by atoms with Crippen LogP contribution in [0.3, 0.4) is 0 Å². The van der Waals surface area contributed by atoms with Crippen molar-refractivity contribution in [3.63, 3.8) is 0 Å². The number of aliphatic hydroxyl groups is 1. The molecule has 0 fully saturated rings. The molecule has 0 saturated carbocycles. The zero-order valence-electron chi connectivity index (χ0n) is 12.2. The standard InChI is InChI=1S/C13H23NO5S/c1-10(2)18-7-5-4-6-14-20(16,17)13-8-12(9-15)19-11(13)3/h8,10,14-15H,4-7,9H2,1-3H3. The maximum atomic E-state index is 12.0. The Kier molecular flexibility index (Phi) is 6.67. The van der Waals surface area contributed by atoms with E-state index in [1.54, 1.807) is 6.92 Å². The molecule has 0 aliphatic rings. The Labute approximate surface area is 120 Å². The highest BCUT2D eigenvalue weighted by atomic mass is 32.2. The molecule has 0 unspecified atom stereocenters. The lowest BCUT2D eigenvalue weighted by molar-refractivity contribution is 0.0762. The van der Waals surface area contributed by atoms with Gasteiger partial charge in [-0.1, -0.05) is 0 Å². The van der Waals surface area contributed by atoms with Gasteiger partial charge < -0.3 is 14.3 Å². The van der Waals surface area contributed by atoms with E-state index >= 15 is 0 Å². The third kappa shape index (κ3) is 5.24. The van der Waals surface area contributed by atoms with Crippen molar-refractivity contribution >= 4 is 10.0 Å². The number of nitrogens with one attached hydrogen (secondary N) is 1. The first-order chi connectivity index (χ1) is 9.36. The van der Waals surface area contributed by atoms with E-state index in [1.807, 2.05) is 13.8 Å². The summed E-state index contributed by atoms with van der Waals surface area (Å²) in [5.74, 6) is 0.526. The molecule has 0 amide bonds. The minimum atomic E-state index is -3.58. The van der Waals surface area contributed by atoms with Crippen molar-refractivity contribution in [1.82, 2.24) is 4.72 Å². The Morgan fingerprint density at radius 2 is 2.10 bits per heavy atom. The second kappa shape index (κ2) is 7.78. The van der Waals surface area contributed by atoms with Crippen LogP contribution in [0, 0.1) is 6.92 Å². The van der Waals surface area contributed by atoms with Crippen LogP contribution in [0.2, 0.25) is 0 Å². The highest BCUT2D eigenvalue weighted by molar-refractivity contribution is 7.89. The van der Waals surface area contributed by atoms with E-state index in [2.05, 4.69) is 4.72 Å². The monoisotopic (exact) mass is 305 g/mol. The molecule has 6 nitrogen and oxygen atoms in total. The summed E-state index contributed by atoms with van der Waals surface area (Å²) in [7, 11) is -3.58. The maximum absolute atomic E-state index is 12.0. The molecule has 1 rings (SSSR count). The Hall–Kier alpha value is -0.890. The molecular formula is C13H23NO5S. The molecule has 0 spiro atoms. The van der Waals surface area contributed by atoms with E-state index < -0.39 is 10.0 Å². The van der Waals surface area contributed by atoms with Crippen molar-refractivity contribution in [1.29, 1.82) is 0 Å². The summed E-state index contributed by atoms with van der Waals surface area (Å²) < 4.78 is 37.1. The minimum Gasteiger partial charge on any atom is -0.462 e. The third-order valence-corrected chi connectivity index (χ3v) is 4.25. The van der Waals surface area contributed by atoms with Gasteiger partial charge in [-0.15, -0.1) is 0 Å². The molecule has 0 aliphatic heterocycles. The van der Waals surface area contributed by atoms with E-state index in [-0.39, 0.29) is 29.1 Å². The summed E-state index contributed by atoms with van der Waals surface area (Å²) in [4.78, 5) is 0.0833. The number of ether oxygens (including phenoxy) is 1. The predicted molar refractivity (Wildman–Crippen MR) is 74.9 cm³/mol. The van der Waals surface area contributed by atoms with Crippen LogP contribution in [0.15, 0.2) is 15.4 Å². The summed E-state index contributed by atoms with van der Waals surface area (Å²) in [6, 6.07) is 1.35. The Balaban J connectivity index is 2.43. The van der Waals surface area contributed by atoms with Gasteiger partial charge in [-0.25, -0.2) is 13.1 Å². The molecule has 0 radical (unpaired) electrons. The number of furan rings is 1. The first-order valence-electron chi connectivity index (χ1n) is 6.68. The average molecular weight is 305 g/mol. The molecule has 0 atom stereocenters. The number of hydrogen-bond donors (Lipinski definition) is 2. The summed E-state index contributed by atoms with van der Waals surface area (Å²) in [5, 5.41) is 8.94. The molecule has 1 aromatic heterocycles. The van der Waals surface area contributed by atoms with Gasteiger partial charge in [-0.05, 0) is 33.6 Å². The van der Waals surface area contributed by atoms with Crippen molar-refractivity contribution < 1.29 is 22.7 Å². The van der Waals surface area contributed by atoms with Crippen LogP contribution in [0.5, 0.6) is 0 Å². The Morgan fingerprint density at radius 3 is 2.65 bits per heavy atom. The summed E-state index contributed by atoms with van der Waals surface area (Å²) in [6.45, 7) is 6.14. The first-order valence-corrected chi connectivity index (χ1v) is 8.16. The van der Waals surface area contributed by atoms with Crippen LogP contribution in [0.1, 0.15) is 38.2 Å². The fraction of sp³-hybridized carbons (Fsp3) is 0.692. The topological polar surface area (TPSA) is 88.8 Å². The molecule has 0 aliphatic carbocycles. The number of hydrogen-bond acceptors (Lipinski definition) is 5. The summed E-state index contributed by atoms with van der Waals surface area (Å²) in [6.07, 6.45) is 1.69. The van der Waals surface area contributed by atoms with Crippen LogP contribution in [-0.2, 0) is 21.4 Å². The molecule has 1 aromatic rings. The van der Waals surface area contributed by atoms with Crippen molar-refractivity contribution in [3.05, 3.63) is 17.6 Å². The normalized spacial score (nSPS) is 12.2. The number of rotatable bonds is 9. The quantitative estimate of drug-likeness (QED) is 0.676. The van der Waals surface area contributed by atoms with Crippen LogP contribution in [0.25, 0.3) is 0 Å². The zero-order valence-corrected chi connectivity index (χ0v) is 13.0. The SMILES string of the molecule is Cc1oc(CO)cc1S(=O)(=O)NCCCCOC(C)C. The van der Waals surface area contributed by atoms with Gasteiger partial charge in [0.15, 0.2) is 0 Å². The molecule has 2 N–H and O–H groups in total. The smallest absolute Gasteiger partial charge is 0.244 e. The van der Waals surface area contributed by atoms with E-state index in [0.717, 1.165) is 6.42 Å². The molecule has 1 heterocycles. The maximum Gasteiger partial charge on any atom is 0.244 e. The second-order valence-electron chi connectivity index (χ2n) is 4.82. The lowest BCUT2D eigenvalue weighted by Crippen LogP contribution is -2.25. The van der Waals surface area contributed by atoms with Crippen molar-refractivity contribution in [2.75, 3.05) is 13.2 Å². The lowest BCUT2D eigenvalue weighted by atomic mass is 10.3. The van der Waals surface area contributed by atoms with Gasteiger partial charge >= 0.3 is 0 Å². The molecule has 0 bridgehead atoms. The number of sulfonamides is 1. The van der Waals surface area contributed by atoms with Crippen LogP contribution >= 0.6 is 0 Å². The molecule has 0 aromatic carbocycles. The highest BCUT2D eigenvalue weighted by Crippen LogP contribution is 2.19. The van der Waals surface area contributed by atoms with Gasteiger partial charge in [-0.3, -0.25) is 0 Å². The highest BCUT2D eigenvalue weighted by Gasteiger charge is 2.20. The average Bonchev–Trinajstić information content (AvgIpc) is 2.75. The van der Waals surface area contributed by atoms with Crippen molar-refractivity contribution in [3.8, 4) is 0 Å². The number of unbranched alkanes of at least 4 members (excludes halogenated alkanes) is 1. The lowest BCUT2D eigenvalue weighted by Gasteiger charge is -2.08. The van der Waals surface area contributed by atoms with Crippen molar-refractivity contribution in [2.24, 2.45) is 0 Å². The number of aryl methyl sites for hydroxylation is 1. The van der Waals surface area contributed by atoms with Gasteiger partial charge in [0.1, 0.15) is 23.0 Å². The molecule has 0 saturated heterocycles. The van der Waals surface area contributed by atoms with E-state index in [4.69, 9.17) is 14.3 Å². The Bertz CT molecular complexity index is 507. The van der Waals surface area contributed by atoms with Crippen LogP contribution < -0.4 is 4.72 Å². The van der Waals surface area contributed by atoms with E-state index in [0.29, 0.717) is 19.6 Å².